The third kappa shape index (κ3) is 5.21. The maximum Gasteiger partial charge on any atom is 0.0245 e. The Morgan fingerprint density at radius 3 is 2.48 bits per heavy atom. The number of amides is 1. The number of carbonyl (C=O) groups is 1. The number of aryl methyl sites for hydroxylation is 3. The van der Waals surface area contributed by atoms with Crippen LogP contribution in [0.5, 0.6) is 0 Å². The molecule has 0 saturated heterocycles. The molecule has 1 aromatic rings. The van der Waals surface area contributed by atoms with E-state index in [2.05, 4.69) is 32.0 Å². The average Bonchev–Trinajstić information content (AvgIpc) is 2.57. The molecule has 0 fully saturated rings. The smallest absolute Gasteiger partial charge is 0.0245 e. The van der Waals surface area contributed by atoms with Gasteiger partial charge >= 0.3 is 0 Å². The third-order valence-corrected chi connectivity index (χ3v) is 4.32. The first-order chi connectivity index (χ1) is 9.05. The Balaban J connectivity index is 0.00000200. The Morgan fingerprint density at radius 1 is 1.29 bits per heavy atom. The third-order valence-electron chi connectivity index (χ3n) is 4.32. The number of rotatable bonds is 4. The number of hydrogen-bond donors (Lipinski definition) is 0. The summed E-state index contributed by atoms with van der Waals surface area (Å²) in [6.07, 6.45) is 6.74. The van der Waals surface area contributed by atoms with E-state index in [0.717, 1.165) is 19.3 Å². The van der Waals surface area contributed by atoms with Crippen molar-refractivity contribution in [2.75, 3.05) is 0 Å². The molecule has 0 heterocycles. The predicted octanol–water partition coefficient (Wildman–Crippen LogP) is 3.92. The summed E-state index contributed by atoms with van der Waals surface area (Å²) in [5, 5.41) is 0. The molecule has 0 aliphatic heterocycles. The Kier molecular flexibility index (Phi) is 9.04. The van der Waals surface area contributed by atoms with E-state index in [9.17, 15) is 4.79 Å². The number of fused-ring (bicyclic) bond motifs is 1. The molecule has 4 radical (unpaired) electrons. The van der Waals surface area contributed by atoms with Crippen LogP contribution in [0.2, 0.25) is 0 Å². The van der Waals surface area contributed by atoms with Crippen molar-refractivity contribution in [3.8, 4) is 0 Å². The Hall–Kier alpha value is -0.141. The predicted molar refractivity (Wildman–Crippen MR) is 84.6 cm³/mol. The number of carbonyl (C=O) groups excluding carboxylic acids is 1. The molecule has 1 aromatic carbocycles. The van der Waals surface area contributed by atoms with Crippen molar-refractivity contribution in [1.29, 1.82) is 0 Å². The summed E-state index contributed by atoms with van der Waals surface area (Å²) in [7, 11) is 0. The summed E-state index contributed by atoms with van der Waals surface area (Å²) in [4.78, 5) is 11.4. The van der Waals surface area contributed by atoms with E-state index in [1.165, 1.54) is 29.5 Å². The van der Waals surface area contributed by atoms with E-state index in [4.69, 9.17) is 5.73 Å². The maximum atomic E-state index is 11.4. The van der Waals surface area contributed by atoms with Crippen LogP contribution < -0.4 is 0 Å². The minimum absolute atomic E-state index is 0. The summed E-state index contributed by atoms with van der Waals surface area (Å²) in [6, 6.07) is 6.72. The molecule has 1 amide bonds. The van der Waals surface area contributed by atoms with Crippen LogP contribution in [0.4, 0.5) is 0 Å². The molecule has 4 heteroatoms. The maximum absolute atomic E-state index is 11.4. The number of nitrogens with one attached hydrogen (secondary N) is 1. The number of hydrogen-bond acceptors (Lipinski definition) is 1. The van der Waals surface area contributed by atoms with Gasteiger partial charge in [0.05, 0.1) is 0 Å². The first kappa shape index (κ1) is 20.9. The van der Waals surface area contributed by atoms with E-state index in [0.29, 0.717) is 12.8 Å². The summed E-state index contributed by atoms with van der Waals surface area (Å²) < 4.78 is 0. The molecular formula is C17H23BNOY-2. The fraction of sp³-hybridized carbons (Fsp3) is 0.529. The molecular weight excluding hydrogens is 334 g/mol. The SMILES string of the molecule is [B].[CH2-]C1(C([NH-])=O)CCc2ccc(CCCC)cc2CC1.[Y]. The molecule has 0 spiro atoms. The van der Waals surface area contributed by atoms with E-state index in [-0.39, 0.29) is 41.1 Å². The van der Waals surface area contributed by atoms with Crippen molar-refractivity contribution in [2.45, 2.75) is 51.9 Å². The molecule has 0 saturated carbocycles. The van der Waals surface area contributed by atoms with E-state index in [1.54, 1.807) is 0 Å². The summed E-state index contributed by atoms with van der Waals surface area (Å²) in [5.41, 5.74) is 10.8. The van der Waals surface area contributed by atoms with Gasteiger partial charge in [0.15, 0.2) is 0 Å². The second-order valence-electron chi connectivity index (χ2n) is 5.82. The van der Waals surface area contributed by atoms with Gasteiger partial charge < -0.3 is 17.5 Å². The van der Waals surface area contributed by atoms with Gasteiger partial charge in [0, 0.05) is 47.0 Å². The van der Waals surface area contributed by atoms with Crippen LogP contribution in [0.25, 0.3) is 5.73 Å². The monoisotopic (exact) mass is 357 g/mol. The zero-order valence-corrected chi connectivity index (χ0v) is 15.8. The van der Waals surface area contributed by atoms with Crippen molar-refractivity contribution >= 4 is 14.3 Å². The standard InChI is InChI=1S/C17H24NO.B.Y/c1-3-4-5-13-6-7-14-8-10-17(2,16(18)19)11-9-15(14)12-13;;/h6-7,12H,2-5,8-11H2,1H3,(H2,18,19);;/q-1;;/p-1. The Bertz CT molecular complexity index is 478. The zero-order chi connectivity index (χ0) is 13.9. The van der Waals surface area contributed by atoms with Crippen LogP contribution in [0.15, 0.2) is 18.2 Å². The van der Waals surface area contributed by atoms with Crippen LogP contribution in [-0.2, 0) is 56.8 Å². The Morgan fingerprint density at radius 2 is 1.90 bits per heavy atom. The molecule has 1 atom stereocenters. The average molecular weight is 357 g/mol. The van der Waals surface area contributed by atoms with Crippen molar-refractivity contribution in [1.82, 2.24) is 0 Å². The van der Waals surface area contributed by atoms with Gasteiger partial charge in [-0.05, 0) is 42.4 Å². The van der Waals surface area contributed by atoms with Gasteiger partial charge in [-0.3, -0.25) is 0 Å². The fourth-order valence-corrected chi connectivity index (χ4v) is 2.79. The van der Waals surface area contributed by atoms with Crippen LogP contribution in [0.1, 0.15) is 49.3 Å². The molecule has 110 valence electrons. The van der Waals surface area contributed by atoms with Gasteiger partial charge in [-0.15, -0.1) is 5.41 Å². The Labute approximate surface area is 156 Å². The zero-order valence-electron chi connectivity index (χ0n) is 13.0. The minimum Gasteiger partial charge on any atom is -0.670 e. The van der Waals surface area contributed by atoms with Crippen molar-refractivity contribution < 1.29 is 37.5 Å². The normalized spacial score (nSPS) is 20.5. The first-order valence-electron chi connectivity index (χ1n) is 7.27. The van der Waals surface area contributed by atoms with Crippen LogP contribution in [-0.4, -0.2) is 14.3 Å². The van der Waals surface area contributed by atoms with E-state index in [1.807, 2.05) is 0 Å². The van der Waals surface area contributed by atoms with Gasteiger partial charge in [0.2, 0.25) is 0 Å². The molecule has 0 aromatic heterocycles. The minimum atomic E-state index is -0.692. The van der Waals surface area contributed by atoms with Crippen molar-refractivity contribution in [2.24, 2.45) is 5.41 Å². The van der Waals surface area contributed by atoms with Gasteiger partial charge in [-0.1, -0.05) is 44.4 Å². The van der Waals surface area contributed by atoms with Crippen LogP contribution >= 0.6 is 0 Å². The van der Waals surface area contributed by atoms with Gasteiger partial charge in [0.1, 0.15) is 0 Å². The van der Waals surface area contributed by atoms with E-state index >= 15 is 0 Å². The van der Waals surface area contributed by atoms with Crippen LogP contribution in [0.3, 0.4) is 0 Å². The molecule has 2 nitrogen and oxygen atoms in total. The first-order valence-corrected chi connectivity index (χ1v) is 7.27. The van der Waals surface area contributed by atoms with Crippen molar-refractivity contribution in [3.63, 3.8) is 0 Å². The molecule has 1 N–H and O–H groups in total. The van der Waals surface area contributed by atoms with Gasteiger partial charge in [0.25, 0.3) is 0 Å². The number of benzene rings is 1. The molecule has 21 heavy (non-hydrogen) atoms. The topological polar surface area (TPSA) is 40.9 Å². The largest absolute Gasteiger partial charge is 0.670 e. The van der Waals surface area contributed by atoms with Crippen LogP contribution in [0, 0.1) is 12.3 Å². The molecule has 0 bridgehead atoms. The molecule has 1 aliphatic rings. The number of unbranched alkanes of at least 4 members (excludes halogenated alkanes) is 1. The van der Waals surface area contributed by atoms with Gasteiger partial charge in [-0.2, -0.15) is 0 Å². The summed E-state index contributed by atoms with van der Waals surface area (Å²) >= 11 is 0. The second-order valence-corrected chi connectivity index (χ2v) is 5.82. The molecule has 1 unspecified atom stereocenters. The second kappa shape index (κ2) is 9.10. The molecule has 1 aliphatic carbocycles. The van der Waals surface area contributed by atoms with Crippen molar-refractivity contribution in [3.05, 3.63) is 47.5 Å². The molecule has 2 rings (SSSR count). The quantitative estimate of drug-likeness (QED) is 0.457. The van der Waals surface area contributed by atoms with Gasteiger partial charge in [-0.25, -0.2) is 0 Å². The van der Waals surface area contributed by atoms with E-state index < -0.39 is 11.3 Å². The summed E-state index contributed by atoms with van der Waals surface area (Å²) in [5.74, 6) is -0.508. The summed E-state index contributed by atoms with van der Waals surface area (Å²) in [6.45, 7) is 6.22. The fourth-order valence-electron chi connectivity index (χ4n) is 2.79.